The monoisotopic (exact) mass is 330 g/mol. The molecule has 0 atom stereocenters. The van der Waals surface area contributed by atoms with Gasteiger partial charge in [-0.1, -0.05) is 24.3 Å². The van der Waals surface area contributed by atoms with E-state index in [1.54, 1.807) is 0 Å². The van der Waals surface area contributed by atoms with Crippen LogP contribution in [-0.2, 0) is 13.1 Å². The van der Waals surface area contributed by atoms with Gasteiger partial charge in [0, 0.05) is 18.7 Å². The molecule has 126 valence electrons. The first-order chi connectivity index (χ1) is 11.6. The lowest BCUT2D eigenvalue weighted by molar-refractivity contribution is 0.0950. The Balaban J connectivity index is 1.65. The van der Waals surface area contributed by atoms with Crippen LogP contribution in [0.15, 0.2) is 42.5 Å². The van der Waals surface area contributed by atoms with E-state index < -0.39 is 17.5 Å². The van der Waals surface area contributed by atoms with Gasteiger partial charge in [-0.15, -0.1) is 0 Å². The van der Waals surface area contributed by atoms with E-state index in [-0.39, 0.29) is 5.56 Å². The second-order valence-corrected chi connectivity index (χ2v) is 6.06. The molecule has 0 bridgehead atoms. The van der Waals surface area contributed by atoms with Crippen molar-refractivity contribution in [3.63, 3.8) is 0 Å². The largest absolute Gasteiger partial charge is 0.348 e. The number of carbonyl (C=O) groups excluding carboxylic acids is 1. The second kappa shape index (κ2) is 7.53. The Bertz CT molecular complexity index is 727. The van der Waals surface area contributed by atoms with E-state index in [0.29, 0.717) is 6.54 Å². The summed E-state index contributed by atoms with van der Waals surface area (Å²) < 4.78 is 26.2. The third kappa shape index (κ3) is 3.97. The molecule has 1 amide bonds. The third-order valence-electron chi connectivity index (χ3n) is 4.33. The molecule has 0 spiro atoms. The third-order valence-corrected chi connectivity index (χ3v) is 4.33. The van der Waals surface area contributed by atoms with E-state index in [0.717, 1.165) is 37.3 Å². The summed E-state index contributed by atoms with van der Waals surface area (Å²) in [5, 5.41) is 2.78. The molecule has 1 N–H and O–H groups in total. The second-order valence-electron chi connectivity index (χ2n) is 6.06. The summed E-state index contributed by atoms with van der Waals surface area (Å²) in [4.78, 5) is 14.5. The molecular formula is C19H20F2N2O. The molecule has 1 aliphatic rings. The Morgan fingerprint density at radius 1 is 1.00 bits per heavy atom. The maximum atomic E-state index is 13.2. The maximum absolute atomic E-state index is 13.2. The summed E-state index contributed by atoms with van der Waals surface area (Å²) in [7, 11) is 0. The van der Waals surface area contributed by atoms with Crippen LogP contribution in [0.2, 0.25) is 0 Å². The van der Waals surface area contributed by atoms with Crippen molar-refractivity contribution in [2.45, 2.75) is 25.9 Å². The molecule has 2 aromatic rings. The zero-order valence-electron chi connectivity index (χ0n) is 13.4. The SMILES string of the molecule is O=C(NCc1ccccc1CN1CCCC1)c1ccc(F)c(F)c1. The summed E-state index contributed by atoms with van der Waals surface area (Å²) in [6.07, 6.45) is 2.46. The first-order valence-electron chi connectivity index (χ1n) is 8.16. The number of benzene rings is 2. The molecular weight excluding hydrogens is 310 g/mol. The minimum Gasteiger partial charge on any atom is -0.348 e. The van der Waals surface area contributed by atoms with Crippen LogP contribution < -0.4 is 5.32 Å². The standard InChI is InChI=1S/C19H20F2N2O/c20-17-8-7-14(11-18(17)21)19(24)22-12-15-5-1-2-6-16(15)13-23-9-3-4-10-23/h1-2,5-8,11H,3-4,9-10,12-13H2,(H,22,24). The highest BCUT2D eigenvalue weighted by Crippen LogP contribution is 2.16. The van der Waals surface area contributed by atoms with Crippen molar-refractivity contribution < 1.29 is 13.6 Å². The van der Waals surface area contributed by atoms with E-state index >= 15 is 0 Å². The van der Waals surface area contributed by atoms with Crippen LogP contribution in [0, 0.1) is 11.6 Å². The predicted octanol–water partition coefficient (Wildman–Crippen LogP) is 3.49. The minimum absolute atomic E-state index is 0.117. The van der Waals surface area contributed by atoms with Crippen molar-refractivity contribution in [3.8, 4) is 0 Å². The average Bonchev–Trinajstić information content (AvgIpc) is 3.09. The minimum atomic E-state index is -1.02. The van der Waals surface area contributed by atoms with Gasteiger partial charge < -0.3 is 5.32 Å². The fraction of sp³-hybridized carbons (Fsp3) is 0.316. The molecule has 1 saturated heterocycles. The summed E-state index contributed by atoms with van der Waals surface area (Å²) in [6, 6.07) is 11.1. The Kier molecular flexibility index (Phi) is 5.20. The first-order valence-corrected chi connectivity index (χ1v) is 8.16. The Morgan fingerprint density at radius 2 is 1.71 bits per heavy atom. The molecule has 3 rings (SSSR count). The Labute approximate surface area is 140 Å². The summed E-state index contributed by atoms with van der Waals surface area (Å²) in [6.45, 7) is 3.45. The first kappa shape index (κ1) is 16.6. The van der Waals surface area contributed by atoms with Gasteiger partial charge in [-0.2, -0.15) is 0 Å². The van der Waals surface area contributed by atoms with Crippen molar-refractivity contribution in [2.24, 2.45) is 0 Å². The summed E-state index contributed by atoms with van der Waals surface area (Å²) in [5.41, 5.74) is 2.34. The van der Waals surface area contributed by atoms with Crippen LogP contribution in [0.5, 0.6) is 0 Å². The highest BCUT2D eigenvalue weighted by molar-refractivity contribution is 5.94. The zero-order chi connectivity index (χ0) is 16.9. The Hall–Kier alpha value is -2.27. The van der Waals surface area contributed by atoms with Crippen molar-refractivity contribution in [3.05, 3.63) is 70.8 Å². The van der Waals surface area contributed by atoms with Gasteiger partial charge in [0.2, 0.25) is 0 Å². The highest BCUT2D eigenvalue weighted by atomic mass is 19.2. The van der Waals surface area contributed by atoms with Crippen LogP contribution in [0.3, 0.4) is 0 Å². The summed E-state index contributed by atoms with van der Waals surface area (Å²) >= 11 is 0. The molecule has 3 nitrogen and oxygen atoms in total. The zero-order valence-corrected chi connectivity index (χ0v) is 13.4. The van der Waals surface area contributed by atoms with Gasteiger partial charge in [-0.3, -0.25) is 9.69 Å². The van der Waals surface area contributed by atoms with Crippen LogP contribution in [0.4, 0.5) is 8.78 Å². The number of nitrogens with one attached hydrogen (secondary N) is 1. The maximum Gasteiger partial charge on any atom is 0.251 e. The molecule has 24 heavy (non-hydrogen) atoms. The van der Waals surface area contributed by atoms with E-state index in [9.17, 15) is 13.6 Å². The van der Waals surface area contributed by atoms with E-state index in [1.165, 1.54) is 24.5 Å². The fourth-order valence-corrected chi connectivity index (χ4v) is 2.98. The van der Waals surface area contributed by atoms with Crippen molar-refractivity contribution in [2.75, 3.05) is 13.1 Å². The van der Waals surface area contributed by atoms with Gasteiger partial charge in [-0.25, -0.2) is 8.78 Å². The molecule has 2 aromatic carbocycles. The van der Waals surface area contributed by atoms with Gasteiger partial charge in [0.25, 0.3) is 5.91 Å². The topological polar surface area (TPSA) is 32.3 Å². The number of rotatable bonds is 5. The predicted molar refractivity (Wildman–Crippen MR) is 88.5 cm³/mol. The van der Waals surface area contributed by atoms with Crippen LogP contribution in [0.1, 0.15) is 34.3 Å². The number of hydrogen-bond donors (Lipinski definition) is 1. The van der Waals surface area contributed by atoms with Gasteiger partial charge in [0.15, 0.2) is 11.6 Å². The molecule has 0 saturated carbocycles. The number of nitrogens with zero attached hydrogens (tertiary/aromatic N) is 1. The average molecular weight is 330 g/mol. The molecule has 0 aromatic heterocycles. The van der Waals surface area contributed by atoms with Crippen molar-refractivity contribution >= 4 is 5.91 Å². The molecule has 5 heteroatoms. The van der Waals surface area contributed by atoms with E-state index in [1.807, 2.05) is 18.2 Å². The van der Waals surface area contributed by atoms with Gasteiger partial charge in [0.05, 0.1) is 0 Å². The number of hydrogen-bond acceptors (Lipinski definition) is 2. The quantitative estimate of drug-likeness (QED) is 0.910. The van der Waals surface area contributed by atoms with Gasteiger partial charge >= 0.3 is 0 Å². The van der Waals surface area contributed by atoms with Crippen molar-refractivity contribution in [1.82, 2.24) is 10.2 Å². The molecule has 1 aliphatic heterocycles. The number of halogens is 2. The van der Waals surface area contributed by atoms with Gasteiger partial charge in [-0.05, 0) is 55.3 Å². The van der Waals surface area contributed by atoms with Crippen molar-refractivity contribution in [1.29, 1.82) is 0 Å². The van der Waals surface area contributed by atoms with Gasteiger partial charge in [0.1, 0.15) is 0 Å². The lowest BCUT2D eigenvalue weighted by atomic mass is 10.1. The van der Waals surface area contributed by atoms with E-state index in [2.05, 4.69) is 16.3 Å². The summed E-state index contributed by atoms with van der Waals surface area (Å²) in [5.74, 6) is -2.38. The lowest BCUT2D eigenvalue weighted by Crippen LogP contribution is -2.25. The molecule has 1 heterocycles. The molecule has 0 unspecified atom stereocenters. The molecule has 0 radical (unpaired) electrons. The van der Waals surface area contributed by atoms with Crippen LogP contribution in [0.25, 0.3) is 0 Å². The lowest BCUT2D eigenvalue weighted by Gasteiger charge is -2.17. The van der Waals surface area contributed by atoms with Crippen LogP contribution in [-0.4, -0.2) is 23.9 Å². The molecule has 0 aliphatic carbocycles. The fourth-order valence-electron chi connectivity index (χ4n) is 2.98. The highest BCUT2D eigenvalue weighted by Gasteiger charge is 2.14. The smallest absolute Gasteiger partial charge is 0.251 e. The number of amides is 1. The number of likely N-dealkylation sites (tertiary alicyclic amines) is 1. The Morgan fingerprint density at radius 3 is 2.42 bits per heavy atom. The normalized spacial score (nSPS) is 14.8. The van der Waals surface area contributed by atoms with Crippen LogP contribution >= 0.6 is 0 Å². The number of carbonyl (C=O) groups is 1. The van der Waals surface area contributed by atoms with E-state index in [4.69, 9.17) is 0 Å². The molecule has 1 fully saturated rings.